The number of aliphatic carboxylic acids is 1. The number of carboxylic acid groups (broad SMARTS) is 1. The normalized spacial score (nSPS) is 13.5. The van der Waals surface area contributed by atoms with Crippen LogP contribution in [-0.4, -0.2) is 48.6 Å². The molecule has 17 heavy (non-hydrogen) atoms. The zero-order valence-corrected chi connectivity index (χ0v) is 11.4. The molecule has 100 valence electrons. The first-order valence-electron chi connectivity index (χ1n) is 5.79. The number of rotatable bonds is 7. The van der Waals surface area contributed by atoms with Crippen LogP contribution in [0.2, 0.25) is 0 Å². The minimum atomic E-state index is -0.871. The van der Waals surface area contributed by atoms with Gasteiger partial charge >= 0.3 is 5.97 Å². The third kappa shape index (κ3) is 7.74. The van der Waals surface area contributed by atoms with Crippen molar-refractivity contribution in [2.75, 3.05) is 20.6 Å². The number of hydrogen-bond donors (Lipinski definition) is 2. The molecule has 0 aliphatic carbocycles. The van der Waals surface area contributed by atoms with Gasteiger partial charge in [-0.05, 0) is 26.4 Å². The van der Waals surface area contributed by atoms with Gasteiger partial charge in [-0.2, -0.15) is 0 Å². The van der Waals surface area contributed by atoms with Crippen molar-refractivity contribution in [2.45, 2.75) is 39.7 Å². The zero-order chi connectivity index (χ0) is 13.6. The molecule has 0 aromatic heterocycles. The van der Waals surface area contributed by atoms with Crippen LogP contribution in [0.15, 0.2) is 0 Å². The second-order valence-electron chi connectivity index (χ2n) is 5.53. The highest BCUT2D eigenvalue weighted by Crippen LogP contribution is 2.24. The second-order valence-corrected chi connectivity index (χ2v) is 5.53. The van der Waals surface area contributed by atoms with E-state index in [0.29, 0.717) is 6.54 Å². The molecule has 1 amide bonds. The maximum atomic E-state index is 11.6. The van der Waals surface area contributed by atoms with Crippen molar-refractivity contribution < 1.29 is 14.7 Å². The average Bonchev–Trinajstić information content (AvgIpc) is 2.10. The van der Waals surface area contributed by atoms with Crippen molar-refractivity contribution in [3.8, 4) is 0 Å². The molecular formula is C12H24N2O3. The van der Waals surface area contributed by atoms with Gasteiger partial charge in [0.05, 0.1) is 6.42 Å². The first-order chi connectivity index (χ1) is 7.64. The molecule has 0 saturated carbocycles. The maximum absolute atomic E-state index is 11.6. The van der Waals surface area contributed by atoms with Crippen molar-refractivity contribution in [1.29, 1.82) is 0 Å². The topological polar surface area (TPSA) is 69.6 Å². The number of carbonyl (C=O) groups is 2. The lowest BCUT2D eigenvalue weighted by molar-refractivity contribution is -0.139. The summed E-state index contributed by atoms with van der Waals surface area (Å²) in [5, 5.41) is 11.5. The van der Waals surface area contributed by atoms with E-state index in [1.54, 1.807) is 13.8 Å². The summed E-state index contributed by atoms with van der Waals surface area (Å²) in [6.07, 6.45) is 0.239. The van der Waals surface area contributed by atoms with E-state index >= 15 is 0 Å². The lowest BCUT2D eigenvalue weighted by Gasteiger charge is -2.24. The number of nitrogens with one attached hydrogen (secondary N) is 1. The van der Waals surface area contributed by atoms with Crippen LogP contribution in [-0.2, 0) is 9.59 Å². The summed E-state index contributed by atoms with van der Waals surface area (Å²) in [4.78, 5) is 24.3. The number of carbonyl (C=O) groups excluding carboxylic acids is 1. The van der Waals surface area contributed by atoms with Crippen molar-refractivity contribution in [2.24, 2.45) is 5.41 Å². The van der Waals surface area contributed by atoms with E-state index in [1.165, 1.54) is 0 Å². The van der Waals surface area contributed by atoms with E-state index in [2.05, 4.69) is 5.32 Å². The Labute approximate surface area is 103 Å². The predicted molar refractivity (Wildman–Crippen MR) is 66.8 cm³/mol. The first-order valence-corrected chi connectivity index (χ1v) is 5.79. The lowest BCUT2D eigenvalue weighted by atomic mass is 9.85. The SMILES string of the molecule is CC(CNC(=O)CC(C)(C)CC(=O)O)N(C)C. The Bertz CT molecular complexity index is 275. The predicted octanol–water partition coefficient (Wildman–Crippen LogP) is 0.944. The monoisotopic (exact) mass is 244 g/mol. The van der Waals surface area contributed by atoms with E-state index < -0.39 is 11.4 Å². The molecule has 0 rings (SSSR count). The van der Waals surface area contributed by atoms with Crippen molar-refractivity contribution in [3.63, 3.8) is 0 Å². The smallest absolute Gasteiger partial charge is 0.303 e. The summed E-state index contributed by atoms with van der Waals surface area (Å²) in [5.74, 6) is -0.964. The standard InChI is InChI=1S/C12H24N2O3/c1-9(14(4)5)8-13-10(15)6-12(2,3)7-11(16)17/h9H,6-8H2,1-5H3,(H,13,15)(H,16,17). The zero-order valence-electron chi connectivity index (χ0n) is 11.4. The Morgan fingerprint density at radius 3 is 2.24 bits per heavy atom. The molecule has 1 unspecified atom stereocenters. The molecule has 0 saturated heterocycles. The largest absolute Gasteiger partial charge is 0.481 e. The Balaban J connectivity index is 4.05. The molecule has 0 heterocycles. The summed E-state index contributed by atoms with van der Waals surface area (Å²) >= 11 is 0. The number of nitrogens with zero attached hydrogens (tertiary/aromatic N) is 1. The van der Waals surface area contributed by atoms with Gasteiger partial charge in [-0.3, -0.25) is 9.59 Å². The quantitative estimate of drug-likeness (QED) is 0.699. The van der Waals surface area contributed by atoms with E-state index in [9.17, 15) is 9.59 Å². The fourth-order valence-electron chi connectivity index (χ4n) is 1.41. The fourth-order valence-corrected chi connectivity index (χ4v) is 1.41. The number of likely N-dealkylation sites (N-methyl/N-ethyl adjacent to an activating group) is 1. The van der Waals surface area contributed by atoms with Crippen molar-refractivity contribution in [3.05, 3.63) is 0 Å². The molecule has 5 heteroatoms. The summed E-state index contributed by atoms with van der Waals surface area (Å²) in [6.45, 7) is 6.17. The highest BCUT2D eigenvalue weighted by atomic mass is 16.4. The average molecular weight is 244 g/mol. The van der Waals surface area contributed by atoms with E-state index in [-0.39, 0.29) is 24.8 Å². The minimum absolute atomic E-state index is 0.00363. The second kappa shape index (κ2) is 6.59. The lowest BCUT2D eigenvalue weighted by Crippen LogP contribution is -2.39. The Hall–Kier alpha value is -1.10. The van der Waals surface area contributed by atoms with Crippen LogP contribution in [0.5, 0.6) is 0 Å². The van der Waals surface area contributed by atoms with Gasteiger partial charge in [-0.15, -0.1) is 0 Å². The third-order valence-corrected chi connectivity index (χ3v) is 2.75. The van der Waals surface area contributed by atoms with E-state index in [0.717, 1.165) is 0 Å². The summed E-state index contributed by atoms with van der Waals surface area (Å²) in [6, 6.07) is 0.265. The number of amides is 1. The van der Waals surface area contributed by atoms with E-state index in [4.69, 9.17) is 5.11 Å². The molecule has 0 radical (unpaired) electrons. The molecule has 0 aliphatic rings. The highest BCUT2D eigenvalue weighted by Gasteiger charge is 2.25. The molecule has 0 spiro atoms. The Morgan fingerprint density at radius 2 is 1.82 bits per heavy atom. The van der Waals surface area contributed by atoms with Crippen LogP contribution in [0.25, 0.3) is 0 Å². The third-order valence-electron chi connectivity index (χ3n) is 2.75. The van der Waals surface area contributed by atoms with E-state index in [1.807, 2.05) is 25.9 Å². The molecule has 0 fully saturated rings. The van der Waals surface area contributed by atoms with Crippen LogP contribution in [0.3, 0.4) is 0 Å². The minimum Gasteiger partial charge on any atom is -0.481 e. The van der Waals surface area contributed by atoms with Crippen LogP contribution in [0, 0.1) is 5.41 Å². The van der Waals surface area contributed by atoms with Gasteiger partial charge in [0.2, 0.25) is 5.91 Å². The molecular weight excluding hydrogens is 220 g/mol. The molecule has 0 bridgehead atoms. The molecule has 0 aliphatic heterocycles. The van der Waals surface area contributed by atoms with Crippen LogP contribution in [0.1, 0.15) is 33.6 Å². The summed E-state index contributed by atoms with van der Waals surface area (Å²) < 4.78 is 0. The van der Waals surface area contributed by atoms with Gasteiger partial charge in [0.1, 0.15) is 0 Å². The first kappa shape index (κ1) is 15.9. The fraction of sp³-hybridized carbons (Fsp3) is 0.833. The van der Waals surface area contributed by atoms with Gasteiger partial charge in [-0.1, -0.05) is 13.8 Å². The summed E-state index contributed by atoms with van der Waals surface area (Å²) in [5.41, 5.74) is -0.503. The molecule has 2 N–H and O–H groups in total. The Morgan fingerprint density at radius 1 is 1.29 bits per heavy atom. The number of carboxylic acids is 1. The van der Waals surface area contributed by atoms with Gasteiger partial charge in [0.15, 0.2) is 0 Å². The molecule has 0 aromatic rings. The number of hydrogen-bond acceptors (Lipinski definition) is 3. The van der Waals surface area contributed by atoms with Gasteiger partial charge in [0, 0.05) is 19.0 Å². The van der Waals surface area contributed by atoms with Crippen molar-refractivity contribution in [1.82, 2.24) is 10.2 Å². The van der Waals surface area contributed by atoms with Gasteiger partial charge in [0.25, 0.3) is 0 Å². The van der Waals surface area contributed by atoms with Gasteiger partial charge < -0.3 is 15.3 Å². The maximum Gasteiger partial charge on any atom is 0.303 e. The Kier molecular flexibility index (Phi) is 6.16. The van der Waals surface area contributed by atoms with Crippen LogP contribution < -0.4 is 5.32 Å². The highest BCUT2D eigenvalue weighted by molar-refractivity contribution is 5.77. The van der Waals surface area contributed by atoms with Crippen LogP contribution >= 0.6 is 0 Å². The molecule has 5 nitrogen and oxygen atoms in total. The molecule has 1 atom stereocenters. The van der Waals surface area contributed by atoms with Gasteiger partial charge in [-0.25, -0.2) is 0 Å². The van der Waals surface area contributed by atoms with Crippen LogP contribution in [0.4, 0.5) is 0 Å². The molecule has 0 aromatic carbocycles. The van der Waals surface area contributed by atoms with Crippen molar-refractivity contribution >= 4 is 11.9 Å². The summed E-state index contributed by atoms with van der Waals surface area (Å²) in [7, 11) is 3.90.